The van der Waals surface area contributed by atoms with Gasteiger partial charge in [0.25, 0.3) is 0 Å². The minimum Gasteiger partial charge on any atom is -0.257 e. The molecule has 2 rings (SSSR count). The normalized spacial score (nSPS) is 17.4. The fourth-order valence-corrected chi connectivity index (χ4v) is 3.86. The number of unbranched alkanes of at least 4 members (excludes halogenated alkanes) is 1. The lowest BCUT2D eigenvalue weighted by Crippen LogP contribution is -2.26. The van der Waals surface area contributed by atoms with E-state index in [1.165, 1.54) is 45.6 Å². The lowest BCUT2D eigenvalue weighted by molar-refractivity contribution is 0.800. The Kier molecular flexibility index (Phi) is 10.8. The monoisotopic (exact) mass is 413 g/mol. The molecule has 1 aromatic carbocycles. The summed E-state index contributed by atoms with van der Waals surface area (Å²) in [6, 6.07) is 8.66. The van der Waals surface area contributed by atoms with Crippen LogP contribution in [0.25, 0.3) is 11.6 Å². The first kappa shape index (κ1) is 24.6. The van der Waals surface area contributed by atoms with Gasteiger partial charge in [-0.15, -0.1) is 0 Å². The second kappa shape index (κ2) is 13.6. The molecule has 1 aliphatic carbocycles. The van der Waals surface area contributed by atoms with E-state index in [0.717, 1.165) is 31.4 Å². The second-order valence-electron chi connectivity index (χ2n) is 8.10. The third-order valence-corrected chi connectivity index (χ3v) is 5.75. The summed E-state index contributed by atoms with van der Waals surface area (Å²) in [6.07, 6.45) is 24.2. The van der Waals surface area contributed by atoms with Crippen LogP contribution in [0.4, 0.5) is 0 Å². The first-order valence-electron chi connectivity index (χ1n) is 11.8. The lowest BCUT2D eigenvalue weighted by Gasteiger charge is -2.14. The van der Waals surface area contributed by atoms with Crippen molar-refractivity contribution in [3.63, 3.8) is 0 Å². The molecule has 0 atom stereocenters. The van der Waals surface area contributed by atoms with Crippen LogP contribution in [0.3, 0.4) is 0 Å². The summed E-state index contributed by atoms with van der Waals surface area (Å²) in [4.78, 5) is 4.88. The highest BCUT2D eigenvalue weighted by Gasteiger charge is 2.09. The quantitative estimate of drug-likeness (QED) is 0.296. The maximum Gasteiger partial charge on any atom is 0.0618 e. The fraction of sp³-hybridized carbons (Fsp3) is 0.367. The van der Waals surface area contributed by atoms with E-state index in [4.69, 9.17) is 4.99 Å². The number of aliphatic imine (C=N–C) groups is 1. The molecule has 1 aromatic rings. The van der Waals surface area contributed by atoms with Crippen molar-refractivity contribution < 1.29 is 0 Å². The molecule has 0 aliphatic heterocycles. The van der Waals surface area contributed by atoms with Gasteiger partial charge in [0.05, 0.1) is 5.70 Å². The summed E-state index contributed by atoms with van der Waals surface area (Å²) in [5.74, 6) is 0. The highest BCUT2D eigenvalue weighted by atomic mass is 14.7. The van der Waals surface area contributed by atoms with Crippen molar-refractivity contribution in [1.82, 2.24) is 0 Å². The molecule has 0 N–H and O–H groups in total. The van der Waals surface area contributed by atoms with E-state index in [2.05, 4.69) is 101 Å². The zero-order chi connectivity index (χ0) is 22.5. The molecule has 0 spiro atoms. The SMILES string of the molecule is CC=CC(/C(=C/C=N\C1=C(C)CCC(C/C=C\C)=C1)CCCC)=c1/cccc/c1=C/C. The maximum absolute atomic E-state index is 4.88. The Hall–Kier alpha value is -2.67. The molecule has 0 aromatic heterocycles. The van der Waals surface area contributed by atoms with Crippen molar-refractivity contribution >= 4 is 17.9 Å². The molecule has 0 unspecified atom stereocenters. The van der Waals surface area contributed by atoms with Crippen molar-refractivity contribution in [2.24, 2.45) is 4.99 Å². The van der Waals surface area contributed by atoms with Crippen LogP contribution < -0.4 is 10.4 Å². The number of nitrogens with zero attached hydrogens (tertiary/aromatic N) is 1. The van der Waals surface area contributed by atoms with Crippen LogP contribution in [0.2, 0.25) is 0 Å². The Labute approximate surface area is 189 Å². The van der Waals surface area contributed by atoms with Gasteiger partial charge >= 0.3 is 0 Å². The molecule has 31 heavy (non-hydrogen) atoms. The average Bonchev–Trinajstić information content (AvgIpc) is 2.80. The van der Waals surface area contributed by atoms with Crippen molar-refractivity contribution in [3.8, 4) is 0 Å². The number of hydrogen-bond acceptors (Lipinski definition) is 1. The van der Waals surface area contributed by atoms with Gasteiger partial charge in [-0.05, 0) is 99.1 Å². The Balaban J connectivity index is 2.49. The molecular formula is C30H39N. The number of rotatable bonds is 9. The predicted molar refractivity (Wildman–Crippen MR) is 140 cm³/mol. The topological polar surface area (TPSA) is 12.4 Å². The van der Waals surface area contributed by atoms with E-state index in [1.54, 1.807) is 0 Å². The molecule has 0 heterocycles. The van der Waals surface area contributed by atoms with Gasteiger partial charge in [-0.25, -0.2) is 0 Å². The molecular weight excluding hydrogens is 374 g/mol. The van der Waals surface area contributed by atoms with Gasteiger partial charge in [0.15, 0.2) is 0 Å². The molecule has 1 aliphatic rings. The van der Waals surface area contributed by atoms with E-state index in [0.29, 0.717) is 0 Å². The van der Waals surface area contributed by atoms with Crippen LogP contribution in [-0.2, 0) is 0 Å². The van der Waals surface area contributed by atoms with Crippen LogP contribution in [0.5, 0.6) is 0 Å². The molecule has 0 saturated carbocycles. The molecule has 1 heteroatoms. The van der Waals surface area contributed by atoms with Crippen LogP contribution in [0, 0.1) is 0 Å². The van der Waals surface area contributed by atoms with Crippen LogP contribution in [-0.4, -0.2) is 6.21 Å². The highest BCUT2D eigenvalue weighted by molar-refractivity contribution is 5.83. The van der Waals surface area contributed by atoms with Gasteiger partial charge in [0.2, 0.25) is 0 Å². The van der Waals surface area contributed by atoms with Gasteiger partial charge in [-0.2, -0.15) is 0 Å². The van der Waals surface area contributed by atoms with E-state index >= 15 is 0 Å². The standard InChI is InChI=1S/C30H39N/c1-6-10-15-25-20-19-24(5)30(23-25)31-22-21-27(16-11-7-2)28(14-8-3)29-18-13-12-17-26(29)9-4/h6,8-10,12-14,17-18,21-23H,7,11,15-16,19-20H2,1-5H3/b10-6-,14-8?,26-9-,27-21+,29-28+,31-22-. The summed E-state index contributed by atoms with van der Waals surface area (Å²) >= 11 is 0. The van der Waals surface area contributed by atoms with Crippen LogP contribution in [0.1, 0.15) is 73.1 Å². The van der Waals surface area contributed by atoms with Gasteiger partial charge in [0.1, 0.15) is 0 Å². The zero-order valence-corrected chi connectivity index (χ0v) is 20.1. The first-order valence-corrected chi connectivity index (χ1v) is 11.8. The highest BCUT2D eigenvalue weighted by Crippen LogP contribution is 2.26. The molecule has 1 nitrogen and oxygen atoms in total. The van der Waals surface area contributed by atoms with Gasteiger partial charge in [0, 0.05) is 6.21 Å². The third-order valence-electron chi connectivity index (χ3n) is 5.75. The molecule has 0 bridgehead atoms. The minimum absolute atomic E-state index is 1.03. The average molecular weight is 414 g/mol. The van der Waals surface area contributed by atoms with Gasteiger partial charge in [-0.1, -0.05) is 73.6 Å². The second-order valence-corrected chi connectivity index (χ2v) is 8.10. The van der Waals surface area contributed by atoms with E-state index < -0.39 is 0 Å². The predicted octanol–water partition coefficient (Wildman–Crippen LogP) is 7.36. The van der Waals surface area contributed by atoms with Crippen molar-refractivity contribution in [2.75, 3.05) is 0 Å². The Morgan fingerprint density at radius 2 is 1.87 bits per heavy atom. The number of allylic oxidation sites excluding steroid dienone is 9. The van der Waals surface area contributed by atoms with Crippen LogP contribution in [0.15, 0.2) is 88.1 Å². The summed E-state index contributed by atoms with van der Waals surface area (Å²) in [5.41, 5.74) is 6.64. The summed E-state index contributed by atoms with van der Waals surface area (Å²) in [5, 5.41) is 2.57. The smallest absolute Gasteiger partial charge is 0.0618 e. The van der Waals surface area contributed by atoms with Gasteiger partial charge < -0.3 is 0 Å². The molecule has 0 saturated heterocycles. The Morgan fingerprint density at radius 1 is 1.06 bits per heavy atom. The lowest BCUT2D eigenvalue weighted by atomic mass is 9.95. The zero-order valence-electron chi connectivity index (χ0n) is 20.1. The van der Waals surface area contributed by atoms with Crippen molar-refractivity contribution in [3.05, 3.63) is 93.6 Å². The molecule has 0 amide bonds. The minimum atomic E-state index is 1.03. The first-order chi connectivity index (χ1) is 15.1. The summed E-state index contributed by atoms with van der Waals surface area (Å²) in [7, 11) is 0. The Morgan fingerprint density at radius 3 is 2.58 bits per heavy atom. The number of hydrogen-bond donors (Lipinski definition) is 0. The molecule has 164 valence electrons. The summed E-state index contributed by atoms with van der Waals surface area (Å²) < 4.78 is 0. The van der Waals surface area contributed by atoms with Crippen molar-refractivity contribution in [1.29, 1.82) is 0 Å². The van der Waals surface area contributed by atoms with Gasteiger partial charge in [-0.3, -0.25) is 4.99 Å². The van der Waals surface area contributed by atoms with Crippen LogP contribution >= 0.6 is 0 Å². The largest absolute Gasteiger partial charge is 0.257 e. The summed E-state index contributed by atoms with van der Waals surface area (Å²) in [6.45, 7) is 10.7. The fourth-order valence-electron chi connectivity index (χ4n) is 3.86. The molecule has 0 fully saturated rings. The molecule has 0 radical (unpaired) electrons. The third kappa shape index (κ3) is 7.51. The van der Waals surface area contributed by atoms with E-state index in [-0.39, 0.29) is 0 Å². The number of benzene rings is 1. The van der Waals surface area contributed by atoms with E-state index in [9.17, 15) is 0 Å². The van der Waals surface area contributed by atoms with Crippen molar-refractivity contribution in [2.45, 2.75) is 73.1 Å². The maximum atomic E-state index is 4.88. The van der Waals surface area contributed by atoms with E-state index in [1.807, 2.05) is 6.21 Å². The Bertz CT molecular complexity index is 1020.